The molecule has 0 aliphatic heterocycles. The van der Waals surface area contributed by atoms with Crippen LogP contribution >= 0.6 is 27.3 Å². The van der Waals surface area contributed by atoms with Gasteiger partial charge in [-0.25, -0.2) is 0 Å². The molecule has 0 fully saturated rings. The van der Waals surface area contributed by atoms with Crippen molar-refractivity contribution in [3.63, 3.8) is 0 Å². The van der Waals surface area contributed by atoms with E-state index in [1.54, 1.807) is 30.6 Å². The zero-order valence-corrected chi connectivity index (χ0v) is 12.6. The average Bonchev–Trinajstić information content (AvgIpc) is 2.82. The molecule has 5 heteroatoms. The third-order valence-electron chi connectivity index (χ3n) is 2.33. The van der Waals surface area contributed by atoms with Crippen molar-refractivity contribution >= 4 is 44.9 Å². The summed E-state index contributed by atoms with van der Waals surface area (Å²) >= 11 is 4.95. The first kappa shape index (κ1) is 13.8. The second kappa shape index (κ2) is 6.54. The van der Waals surface area contributed by atoms with Gasteiger partial charge in [0.15, 0.2) is 0 Å². The molecule has 1 amide bonds. The van der Waals surface area contributed by atoms with Gasteiger partial charge >= 0.3 is 0 Å². The maximum absolute atomic E-state index is 11.7. The van der Waals surface area contributed by atoms with E-state index >= 15 is 0 Å². The number of anilines is 1. The van der Waals surface area contributed by atoms with E-state index in [4.69, 9.17) is 4.74 Å². The number of amides is 1. The van der Waals surface area contributed by atoms with Gasteiger partial charge in [-0.2, -0.15) is 0 Å². The molecule has 3 nitrogen and oxygen atoms in total. The highest BCUT2D eigenvalue weighted by atomic mass is 79.9. The van der Waals surface area contributed by atoms with E-state index in [0.29, 0.717) is 11.4 Å². The maximum atomic E-state index is 11.7. The Morgan fingerprint density at radius 3 is 2.89 bits per heavy atom. The molecule has 0 saturated heterocycles. The first-order valence-corrected chi connectivity index (χ1v) is 7.17. The Hall–Kier alpha value is -1.59. The van der Waals surface area contributed by atoms with Crippen molar-refractivity contribution < 1.29 is 9.53 Å². The lowest BCUT2D eigenvalue weighted by Gasteiger charge is -2.04. The number of ether oxygens (including phenoxy) is 1. The summed E-state index contributed by atoms with van der Waals surface area (Å²) in [7, 11) is 1.59. The number of benzene rings is 1. The summed E-state index contributed by atoms with van der Waals surface area (Å²) in [4.78, 5) is 12.8. The number of hydrogen-bond acceptors (Lipinski definition) is 3. The molecule has 0 unspecified atom stereocenters. The Labute approximate surface area is 124 Å². The van der Waals surface area contributed by atoms with Crippen LogP contribution in [0.1, 0.15) is 4.88 Å². The number of halogens is 1. The normalized spacial score (nSPS) is 10.6. The maximum Gasteiger partial charge on any atom is 0.248 e. The van der Waals surface area contributed by atoms with E-state index in [1.165, 1.54) is 6.08 Å². The van der Waals surface area contributed by atoms with Gasteiger partial charge in [0, 0.05) is 22.7 Å². The summed E-state index contributed by atoms with van der Waals surface area (Å²) in [5.74, 6) is 0.543. The van der Waals surface area contributed by atoms with Crippen LogP contribution in [0.25, 0.3) is 6.08 Å². The van der Waals surface area contributed by atoms with Crippen molar-refractivity contribution in [2.24, 2.45) is 0 Å². The van der Waals surface area contributed by atoms with E-state index < -0.39 is 0 Å². The zero-order chi connectivity index (χ0) is 13.7. The van der Waals surface area contributed by atoms with Crippen LogP contribution in [0.15, 0.2) is 46.3 Å². The monoisotopic (exact) mass is 337 g/mol. The van der Waals surface area contributed by atoms with Gasteiger partial charge in [-0.15, -0.1) is 11.3 Å². The van der Waals surface area contributed by atoms with Gasteiger partial charge in [-0.1, -0.05) is 6.07 Å². The quantitative estimate of drug-likeness (QED) is 0.850. The molecule has 1 aromatic carbocycles. The molecule has 1 aromatic heterocycles. The molecule has 2 aromatic rings. The number of thiophene rings is 1. The lowest BCUT2D eigenvalue weighted by atomic mass is 10.3. The van der Waals surface area contributed by atoms with Gasteiger partial charge in [-0.05, 0) is 46.3 Å². The van der Waals surface area contributed by atoms with Crippen LogP contribution in [0.3, 0.4) is 0 Å². The van der Waals surface area contributed by atoms with Crippen LogP contribution in [0.4, 0.5) is 5.69 Å². The molecular formula is C14H12BrNO2S. The summed E-state index contributed by atoms with van der Waals surface area (Å²) in [5.41, 5.74) is 0.710. The Morgan fingerprint density at radius 1 is 1.37 bits per heavy atom. The van der Waals surface area contributed by atoms with Gasteiger partial charge in [0.2, 0.25) is 5.91 Å². The SMILES string of the molecule is COc1cccc(NC(=O)/C=C/c2ccc(Br)s2)c1. The second-order valence-corrected chi connectivity index (χ2v) is 6.19. The zero-order valence-electron chi connectivity index (χ0n) is 10.2. The molecule has 0 atom stereocenters. The van der Waals surface area contributed by atoms with Gasteiger partial charge in [0.25, 0.3) is 0 Å². The largest absolute Gasteiger partial charge is 0.497 e. The minimum Gasteiger partial charge on any atom is -0.497 e. The van der Waals surface area contributed by atoms with E-state index in [2.05, 4.69) is 21.2 Å². The van der Waals surface area contributed by atoms with Gasteiger partial charge in [0.1, 0.15) is 5.75 Å². The standard InChI is InChI=1S/C14H12BrNO2S/c1-18-11-4-2-3-10(9-11)16-14(17)8-6-12-5-7-13(15)19-12/h2-9H,1H3,(H,16,17)/b8-6+. The Kier molecular flexibility index (Phi) is 4.76. The van der Waals surface area contributed by atoms with Crippen molar-refractivity contribution in [1.82, 2.24) is 0 Å². The lowest BCUT2D eigenvalue weighted by molar-refractivity contribution is -0.111. The van der Waals surface area contributed by atoms with Crippen molar-refractivity contribution in [3.8, 4) is 5.75 Å². The molecule has 2 rings (SSSR count). The fourth-order valence-electron chi connectivity index (χ4n) is 1.46. The Morgan fingerprint density at radius 2 is 2.21 bits per heavy atom. The van der Waals surface area contributed by atoms with E-state index in [-0.39, 0.29) is 5.91 Å². The number of methoxy groups -OCH3 is 1. The Balaban J connectivity index is 1.99. The molecule has 0 bridgehead atoms. The van der Waals surface area contributed by atoms with E-state index in [1.807, 2.05) is 30.3 Å². The number of hydrogen-bond donors (Lipinski definition) is 1. The first-order chi connectivity index (χ1) is 9.17. The predicted octanol–water partition coefficient (Wildman–Crippen LogP) is 4.17. The summed E-state index contributed by atoms with van der Waals surface area (Å²) < 4.78 is 6.14. The highest BCUT2D eigenvalue weighted by molar-refractivity contribution is 9.11. The fourth-order valence-corrected chi connectivity index (χ4v) is 2.79. The molecule has 98 valence electrons. The smallest absolute Gasteiger partial charge is 0.248 e. The molecule has 1 heterocycles. The van der Waals surface area contributed by atoms with Crippen molar-refractivity contribution in [2.45, 2.75) is 0 Å². The molecule has 0 saturated carbocycles. The molecule has 0 spiro atoms. The minimum atomic E-state index is -0.169. The third kappa shape index (κ3) is 4.22. The minimum absolute atomic E-state index is 0.169. The fraction of sp³-hybridized carbons (Fsp3) is 0.0714. The Bertz CT molecular complexity index is 607. The van der Waals surface area contributed by atoms with Crippen molar-refractivity contribution in [1.29, 1.82) is 0 Å². The average molecular weight is 338 g/mol. The summed E-state index contributed by atoms with van der Waals surface area (Å²) in [6.45, 7) is 0. The molecule has 0 radical (unpaired) electrons. The molecule has 0 aliphatic carbocycles. The molecule has 1 N–H and O–H groups in total. The number of nitrogens with one attached hydrogen (secondary N) is 1. The predicted molar refractivity (Wildman–Crippen MR) is 82.7 cm³/mol. The van der Waals surface area contributed by atoms with Crippen LogP contribution in [-0.4, -0.2) is 13.0 Å². The van der Waals surface area contributed by atoms with Gasteiger partial charge in [0.05, 0.1) is 10.9 Å². The highest BCUT2D eigenvalue weighted by Gasteiger charge is 2.00. The molecule has 0 aliphatic rings. The van der Waals surface area contributed by atoms with Crippen molar-refractivity contribution in [2.75, 3.05) is 12.4 Å². The van der Waals surface area contributed by atoms with Crippen LogP contribution in [-0.2, 0) is 4.79 Å². The summed E-state index contributed by atoms with van der Waals surface area (Å²) in [6.07, 6.45) is 3.29. The summed E-state index contributed by atoms with van der Waals surface area (Å²) in [5, 5.41) is 2.78. The van der Waals surface area contributed by atoms with E-state index in [0.717, 1.165) is 8.66 Å². The molecule has 19 heavy (non-hydrogen) atoms. The highest BCUT2D eigenvalue weighted by Crippen LogP contribution is 2.23. The third-order valence-corrected chi connectivity index (χ3v) is 3.92. The first-order valence-electron chi connectivity index (χ1n) is 5.56. The summed E-state index contributed by atoms with van der Waals surface area (Å²) in [6, 6.07) is 11.1. The number of rotatable bonds is 4. The van der Waals surface area contributed by atoms with Gasteiger partial charge in [-0.3, -0.25) is 4.79 Å². The van der Waals surface area contributed by atoms with E-state index in [9.17, 15) is 4.79 Å². The van der Waals surface area contributed by atoms with Gasteiger partial charge < -0.3 is 10.1 Å². The lowest BCUT2D eigenvalue weighted by Crippen LogP contribution is -2.07. The number of carbonyl (C=O) groups excluding carboxylic acids is 1. The van der Waals surface area contributed by atoms with Crippen LogP contribution in [0, 0.1) is 0 Å². The number of carbonyl (C=O) groups is 1. The molecular weight excluding hydrogens is 326 g/mol. The van der Waals surface area contributed by atoms with Crippen LogP contribution < -0.4 is 10.1 Å². The van der Waals surface area contributed by atoms with Crippen LogP contribution in [0.2, 0.25) is 0 Å². The second-order valence-electron chi connectivity index (χ2n) is 3.70. The topological polar surface area (TPSA) is 38.3 Å². The van der Waals surface area contributed by atoms with Crippen molar-refractivity contribution in [3.05, 3.63) is 51.1 Å². The van der Waals surface area contributed by atoms with Crippen LogP contribution in [0.5, 0.6) is 5.75 Å².